The maximum absolute atomic E-state index is 5.67. The highest BCUT2D eigenvalue weighted by atomic mass is 32.1. The second-order valence-corrected chi connectivity index (χ2v) is 6.76. The molecule has 1 aromatic heterocycles. The Balaban J connectivity index is 1.74. The van der Waals surface area contributed by atoms with E-state index in [1.807, 2.05) is 36.5 Å². The van der Waals surface area contributed by atoms with Crippen LogP contribution in [0.15, 0.2) is 42.7 Å². The molecule has 0 fully saturated rings. The molecular formula is C19H24N4O2S. The first kappa shape index (κ1) is 18.4. The molecular weight excluding hydrogens is 348 g/mol. The van der Waals surface area contributed by atoms with Crippen LogP contribution in [0.4, 0.5) is 5.69 Å². The lowest BCUT2D eigenvalue weighted by molar-refractivity contribution is 0.174. The minimum Gasteiger partial charge on any atom is -0.454 e. The average Bonchev–Trinajstić information content (AvgIpc) is 3.11. The zero-order valence-electron chi connectivity index (χ0n) is 15.1. The molecule has 0 atom stereocenters. The van der Waals surface area contributed by atoms with E-state index in [0.29, 0.717) is 11.7 Å². The van der Waals surface area contributed by atoms with E-state index >= 15 is 0 Å². The van der Waals surface area contributed by atoms with Crippen molar-refractivity contribution in [3.8, 4) is 11.5 Å². The molecule has 1 N–H and O–H groups in total. The molecule has 1 aromatic carbocycles. The van der Waals surface area contributed by atoms with E-state index in [2.05, 4.69) is 34.2 Å². The van der Waals surface area contributed by atoms with Gasteiger partial charge in [-0.3, -0.25) is 4.98 Å². The van der Waals surface area contributed by atoms with E-state index in [4.69, 9.17) is 21.7 Å². The SMILES string of the molecule is CN(C)CCCNC(=S)N(Cc1cccnc1)c1ccc2c(c1)OCO2. The lowest BCUT2D eigenvalue weighted by Crippen LogP contribution is -2.40. The van der Waals surface area contributed by atoms with Crippen molar-refractivity contribution in [3.63, 3.8) is 0 Å². The van der Waals surface area contributed by atoms with Gasteiger partial charge in [-0.15, -0.1) is 0 Å². The van der Waals surface area contributed by atoms with Crippen LogP contribution in [0.2, 0.25) is 0 Å². The Hall–Kier alpha value is -2.38. The number of fused-ring (bicyclic) bond motifs is 1. The normalized spacial score (nSPS) is 12.3. The molecule has 1 aliphatic rings. The number of pyridine rings is 1. The second-order valence-electron chi connectivity index (χ2n) is 6.37. The fraction of sp³-hybridized carbons (Fsp3) is 0.368. The van der Waals surface area contributed by atoms with Crippen molar-refractivity contribution in [3.05, 3.63) is 48.3 Å². The van der Waals surface area contributed by atoms with Crippen molar-refractivity contribution in [2.45, 2.75) is 13.0 Å². The smallest absolute Gasteiger partial charge is 0.231 e. The van der Waals surface area contributed by atoms with Crippen LogP contribution < -0.4 is 19.7 Å². The van der Waals surface area contributed by atoms with Crippen molar-refractivity contribution in [2.75, 3.05) is 38.9 Å². The van der Waals surface area contributed by atoms with E-state index in [1.165, 1.54) is 0 Å². The van der Waals surface area contributed by atoms with Crippen LogP contribution in [0.3, 0.4) is 0 Å². The van der Waals surface area contributed by atoms with Crippen LogP contribution in [-0.4, -0.2) is 49.0 Å². The Morgan fingerprint density at radius 1 is 1.23 bits per heavy atom. The van der Waals surface area contributed by atoms with Crippen molar-refractivity contribution in [1.82, 2.24) is 15.2 Å². The molecule has 0 saturated carbocycles. The Morgan fingerprint density at radius 2 is 2.08 bits per heavy atom. The van der Waals surface area contributed by atoms with Gasteiger partial charge < -0.3 is 24.6 Å². The van der Waals surface area contributed by atoms with Crippen LogP contribution in [0.1, 0.15) is 12.0 Å². The van der Waals surface area contributed by atoms with Gasteiger partial charge in [0.1, 0.15) is 0 Å². The van der Waals surface area contributed by atoms with Crippen LogP contribution in [0, 0.1) is 0 Å². The van der Waals surface area contributed by atoms with Crippen molar-refractivity contribution < 1.29 is 9.47 Å². The molecule has 0 unspecified atom stereocenters. The average molecular weight is 372 g/mol. The summed E-state index contributed by atoms with van der Waals surface area (Å²) in [5, 5.41) is 4.05. The standard InChI is InChI=1S/C19H24N4O2S/c1-22(2)10-4-9-21-19(26)23(13-15-5-3-8-20-12-15)16-6-7-17-18(11-16)25-14-24-17/h3,5-8,11-12H,4,9-10,13-14H2,1-2H3,(H,21,26). The van der Waals surface area contributed by atoms with E-state index in [9.17, 15) is 0 Å². The Morgan fingerprint density at radius 3 is 2.85 bits per heavy atom. The quantitative estimate of drug-likeness (QED) is 0.592. The maximum Gasteiger partial charge on any atom is 0.231 e. The first-order valence-electron chi connectivity index (χ1n) is 8.62. The molecule has 2 heterocycles. The number of thiocarbonyl (C=S) groups is 1. The summed E-state index contributed by atoms with van der Waals surface area (Å²) in [6.45, 7) is 2.73. The third-order valence-corrected chi connectivity index (χ3v) is 4.40. The molecule has 138 valence electrons. The largest absolute Gasteiger partial charge is 0.454 e. The van der Waals surface area contributed by atoms with Gasteiger partial charge in [0.15, 0.2) is 16.6 Å². The molecule has 1 aliphatic heterocycles. The molecule has 2 aromatic rings. The maximum atomic E-state index is 5.67. The number of rotatable bonds is 7. The Labute approximate surface area is 159 Å². The number of hydrogen-bond donors (Lipinski definition) is 1. The molecule has 0 aliphatic carbocycles. The van der Waals surface area contributed by atoms with Gasteiger partial charge in [-0.1, -0.05) is 6.07 Å². The lowest BCUT2D eigenvalue weighted by Gasteiger charge is -2.26. The first-order chi connectivity index (χ1) is 12.6. The second kappa shape index (κ2) is 8.82. The molecule has 3 rings (SSSR count). The van der Waals surface area contributed by atoms with Crippen molar-refractivity contribution in [1.29, 1.82) is 0 Å². The van der Waals surface area contributed by atoms with E-state index in [-0.39, 0.29) is 6.79 Å². The number of benzene rings is 1. The summed E-state index contributed by atoms with van der Waals surface area (Å²) in [5.41, 5.74) is 2.05. The molecule has 0 bridgehead atoms. The van der Waals surface area contributed by atoms with E-state index in [0.717, 1.165) is 42.3 Å². The van der Waals surface area contributed by atoms with Crippen LogP contribution in [0.5, 0.6) is 11.5 Å². The van der Waals surface area contributed by atoms with Gasteiger partial charge in [0.05, 0.1) is 6.54 Å². The first-order valence-corrected chi connectivity index (χ1v) is 9.03. The summed E-state index contributed by atoms with van der Waals surface area (Å²) >= 11 is 5.67. The number of nitrogens with one attached hydrogen (secondary N) is 1. The van der Waals surface area contributed by atoms with Gasteiger partial charge >= 0.3 is 0 Å². The monoisotopic (exact) mass is 372 g/mol. The number of ether oxygens (including phenoxy) is 2. The summed E-state index contributed by atoms with van der Waals surface area (Å²) in [4.78, 5) is 8.43. The highest BCUT2D eigenvalue weighted by molar-refractivity contribution is 7.80. The lowest BCUT2D eigenvalue weighted by atomic mass is 10.2. The van der Waals surface area contributed by atoms with Gasteiger partial charge in [0.2, 0.25) is 6.79 Å². The van der Waals surface area contributed by atoms with Gasteiger partial charge in [-0.05, 0) is 63.0 Å². The molecule has 0 amide bonds. The number of aromatic nitrogens is 1. The number of anilines is 1. The number of hydrogen-bond acceptors (Lipinski definition) is 5. The minimum atomic E-state index is 0.259. The third kappa shape index (κ3) is 4.83. The third-order valence-electron chi connectivity index (χ3n) is 4.03. The molecule has 0 radical (unpaired) electrons. The van der Waals surface area contributed by atoms with Gasteiger partial charge in [0, 0.05) is 30.7 Å². The fourth-order valence-electron chi connectivity index (χ4n) is 2.69. The molecule has 6 nitrogen and oxygen atoms in total. The van der Waals surface area contributed by atoms with E-state index in [1.54, 1.807) is 6.20 Å². The zero-order chi connectivity index (χ0) is 18.4. The highest BCUT2D eigenvalue weighted by Gasteiger charge is 2.18. The van der Waals surface area contributed by atoms with Crippen LogP contribution in [-0.2, 0) is 6.54 Å². The topological polar surface area (TPSA) is 49.9 Å². The summed E-state index contributed by atoms with van der Waals surface area (Å²) in [5.74, 6) is 1.51. The molecule has 0 spiro atoms. The molecule has 0 saturated heterocycles. The minimum absolute atomic E-state index is 0.259. The predicted molar refractivity (Wildman–Crippen MR) is 107 cm³/mol. The van der Waals surface area contributed by atoms with E-state index < -0.39 is 0 Å². The predicted octanol–water partition coefficient (Wildman–Crippen LogP) is 2.64. The summed E-state index contributed by atoms with van der Waals surface area (Å²) in [7, 11) is 4.14. The Kier molecular flexibility index (Phi) is 6.25. The van der Waals surface area contributed by atoms with Gasteiger partial charge in [0.25, 0.3) is 0 Å². The summed E-state index contributed by atoms with van der Waals surface area (Å²) < 4.78 is 10.9. The van der Waals surface area contributed by atoms with Crippen LogP contribution >= 0.6 is 12.2 Å². The van der Waals surface area contributed by atoms with Gasteiger partial charge in [-0.25, -0.2) is 0 Å². The zero-order valence-corrected chi connectivity index (χ0v) is 16.0. The summed E-state index contributed by atoms with van der Waals surface area (Å²) in [6.07, 6.45) is 4.65. The van der Waals surface area contributed by atoms with Crippen molar-refractivity contribution in [2.24, 2.45) is 0 Å². The van der Waals surface area contributed by atoms with Gasteiger partial charge in [-0.2, -0.15) is 0 Å². The Bertz CT molecular complexity index is 740. The molecule has 7 heteroatoms. The fourth-order valence-corrected chi connectivity index (χ4v) is 2.97. The van der Waals surface area contributed by atoms with Crippen LogP contribution in [0.25, 0.3) is 0 Å². The highest BCUT2D eigenvalue weighted by Crippen LogP contribution is 2.35. The van der Waals surface area contributed by atoms with Crippen molar-refractivity contribution >= 4 is 23.0 Å². The summed E-state index contributed by atoms with van der Waals surface area (Å²) in [6, 6.07) is 9.86. The number of nitrogens with zero attached hydrogens (tertiary/aromatic N) is 3. The molecule has 26 heavy (non-hydrogen) atoms.